The third-order valence-corrected chi connectivity index (χ3v) is 5.54. The summed E-state index contributed by atoms with van der Waals surface area (Å²) in [5.41, 5.74) is 3.06. The standard InChI is InChI=1S/C22H20F2N4O3/c1-13-21(28(30)31)14(2)27(25-13)12-15-5-7-16(8-6-15)22(29)26-9-3-4-17-10-18(23)19(24)11-20(17)26/h5-8,10-11H,3-4,9,12H2,1-2H3. The minimum atomic E-state index is -0.979. The number of rotatable bonds is 4. The largest absolute Gasteiger partial charge is 0.312 e. The Labute approximate surface area is 177 Å². The lowest BCUT2D eigenvalue weighted by molar-refractivity contribution is -0.386. The Hall–Kier alpha value is -3.62. The molecule has 1 amide bonds. The number of amides is 1. The Balaban J connectivity index is 1.56. The molecule has 160 valence electrons. The van der Waals surface area contributed by atoms with Crippen LogP contribution in [0.1, 0.15) is 39.3 Å². The summed E-state index contributed by atoms with van der Waals surface area (Å²) in [5, 5.41) is 15.4. The molecule has 0 atom stereocenters. The number of fused-ring (bicyclic) bond motifs is 1. The van der Waals surface area contributed by atoms with Crippen LogP contribution in [0.25, 0.3) is 0 Å². The molecule has 0 bridgehead atoms. The molecule has 0 saturated heterocycles. The summed E-state index contributed by atoms with van der Waals surface area (Å²) in [6.07, 6.45) is 1.25. The molecule has 0 unspecified atom stereocenters. The van der Waals surface area contributed by atoms with E-state index in [9.17, 15) is 23.7 Å². The second-order valence-corrected chi connectivity index (χ2v) is 7.59. The lowest BCUT2D eigenvalue weighted by atomic mass is 10.00. The van der Waals surface area contributed by atoms with Crippen LogP contribution in [0.4, 0.5) is 20.2 Å². The van der Waals surface area contributed by atoms with Gasteiger partial charge in [0.25, 0.3) is 5.91 Å². The SMILES string of the molecule is Cc1nn(Cc2ccc(C(=O)N3CCCc4cc(F)c(F)cc43)cc2)c(C)c1[N+](=O)[O-]. The van der Waals surface area contributed by atoms with E-state index in [4.69, 9.17) is 0 Å². The Morgan fingerprint density at radius 1 is 1.16 bits per heavy atom. The molecule has 9 heteroatoms. The molecule has 4 rings (SSSR count). The van der Waals surface area contributed by atoms with Gasteiger partial charge in [-0.2, -0.15) is 5.10 Å². The predicted octanol–water partition coefficient (Wildman–Crippen LogP) is 4.33. The Morgan fingerprint density at radius 2 is 1.84 bits per heavy atom. The van der Waals surface area contributed by atoms with Gasteiger partial charge in [0, 0.05) is 18.2 Å². The average molecular weight is 426 g/mol. The molecule has 0 N–H and O–H groups in total. The van der Waals surface area contributed by atoms with Gasteiger partial charge in [-0.1, -0.05) is 12.1 Å². The van der Waals surface area contributed by atoms with Crippen LogP contribution >= 0.6 is 0 Å². The van der Waals surface area contributed by atoms with E-state index in [1.807, 2.05) is 0 Å². The normalized spacial score (nSPS) is 13.2. The summed E-state index contributed by atoms with van der Waals surface area (Å²) < 4.78 is 28.9. The molecule has 0 aliphatic carbocycles. The molecule has 1 aliphatic heterocycles. The maximum atomic E-state index is 13.8. The first-order valence-electron chi connectivity index (χ1n) is 9.83. The Morgan fingerprint density at radius 3 is 2.48 bits per heavy atom. The van der Waals surface area contributed by atoms with Gasteiger partial charge in [0.05, 0.1) is 17.2 Å². The number of anilines is 1. The van der Waals surface area contributed by atoms with E-state index < -0.39 is 16.6 Å². The average Bonchev–Trinajstić information content (AvgIpc) is 3.01. The van der Waals surface area contributed by atoms with Crippen molar-refractivity contribution in [2.45, 2.75) is 33.2 Å². The van der Waals surface area contributed by atoms with Crippen molar-refractivity contribution in [3.63, 3.8) is 0 Å². The molecule has 0 saturated carbocycles. The topological polar surface area (TPSA) is 81.3 Å². The van der Waals surface area contributed by atoms with Gasteiger partial charge in [0.2, 0.25) is 0 Å². The smallest absolute Gasteiger partial charge is 0.308 e. The maximum Gasteiger partial charge on any atom is 0.312 e. The first-order valence-corrected chi connectivity index (χ1v) is 9.83. The van der Waals surface area contributed by atoms with Gasteiger partial charge in [0.1, 0.15) is 11.4 Å². The number of hydrogen-bond acceptors (Lipinski definition) is 4. The van der Waals surface area contributed by atoms with Crippen LogP contribution in [0.3, 0.4) is 0 Å². The van der Waals surface area contributed by atoms with Crippen molar-refractivity contribution in [1.29, 1.82) is 0 Å². The first-order chi connectivity index (χ1) is 14.8. The van der Waals surface area contributed by atoms with Crippen molar-refractivity contribution >= 4 is 17.3 Å². The molecule has 1 aromatic heterocycles. The quantitative estimate of drug-likeness (QED) is 0.459. The van der Waals surface area contributed by atoms with Gasteiger partial charge in [-0.3, -0.25) is 19.6 Å². The minimum absolute atomic E-state index is 0.000712. The number of carbonyl (C=O) groups is 1. The molecule has 0 spiro atoms. The summed E-state index contributed by atoms with van der Waals surface area (Å²) in [7, 11) is 0. The Kier molecular flexibility index (Phi) is 5.26. The second kappa shape index (κ2) is 7.90. The van der Waals surface area contributed by atoms with Gasteiger partial charge in [-0.15, -0.1) is 0 Å². The van der Waals surface area contributed by atoms with Crippen molar-refractivity contribution in [2.75, 3.05) is 11.4 Å². The van der Waals surface area contributed by atoms with Crippen LogP contribution in [0.5, 0.6) is 0 Å². The number of nitrogens with zero attached hydrogens (tertiary/aromatic N) is 4. The third kappa shape index (κ3) is 3.78. The molecule has 2 aromatic carbocycles. The molecule has 2 heterocycles. The molecular weight excluding hydrogens is 406 g/mol. The number of benzene rings is 2. The molecule has 31 heavy (non-hydrogen) atoms. The fourth-order valence-corrected chi connectivity index (χ4v) is 3.98. The summed E-state index contributed by atoms with van der Waals surface area (Å²) in [5.74, 6) is -2.19. The van der Waals surface area contributed by atoms with Crippen LogP contribution in [-0.2, 0) is 13.0 Å². The summed E-state index contributed by atoms with van der Waals surface area (Å²) in [4.78, 5) is 25.2. The van der Waals surface area contributed by atoms with Crippen LogP contribution in [0, 0.1) is 35.6 Å². The maximum absolute atomic E-state index is 13.8. The highest BCUT2D eigenvalue weighted by Gasteiger charge is 2.26. The molecule has 3 aromatic rings. The van der Waals surface area contributed by atoms with E-state index in [-0.39, 0.29) is 11.6 Å². The second-order valence-electron chi connectivity index (χ2n) is 7.59. The number of aryl methyl sites for hydroxylation is 2. The van der Waals surface area contributed by atoms with Gasteiger partial charge in [-0.05, 0) is 56.0 Å². The van der Waals surface area contributed by atoms with Crippen molar-refractivity contribution in [1.82, 2.24) is 9.78 Å². The lowest BCUT2D eigenvalue weighted by Gasteiger charge is -2.29. The zero-order valence-corrected chi connectivity index (χ0v) is 17.1. The van der Waals surface area contributed by atoms with Crippen LogP contribution < -0.4 is 4.90 Å². The van der Waals surface area contributed by atoms with Crippen molar-refractivity contribution < 1.29 is 18.5 Å². The highest BCUT2D eigenvalue weighted by atomic mass is 19.2. The van der Waals surface area contributed by atoms with Gasteiger partial charge in [-0.25, -0.2) is 8.78 Å². The van der Waals surface area contributed by atoms with Crippen molar-refractivity contribution in [3.8, 4) is 0 Å². The molecule has 0 radical (unpaired) electrons. The molecule has 0 fully saturated rings. The first kappa shape index (κ1) is 20.6. The van der Waals surface area contributed by atoms with E-state index in [0.29, 0.717) is 54.1 Å². The van der Waals surface area contributed by atoms with E-state index in [2.05, 4.69) is 5.10 Å². The number of nitro groups is 1. The molecular formula is C22H20F2N4O3. The van der Waals surface area contributed by atoms with Crippen molar-refractivity contribution in [2.24, 2.45) is 0 Å². The fourth-order valence-electron chi connectivity index (χ4n) is 3.98. The zero-order chi connectivity index (χ0) is 22.3. The highest BCUT2D eigenvalue weighted by Crippen LogP contribution is 2.30. The Bertz CT molecular complexity index is 1190. The van der Waals surface area contributed by atoms with E-state index in [1.165, 1.54) is 4.90 Å². The predicted molar refractivity (Wildman–Crippen MR) is 110 cm³/mol. The van der Waals surface area contributed by atoms with E-state index in [1.54, 1.807) is 42.8 Å². The van der Waals surface area contributed by atoms with E-state index >= 15 is 0 Å². The lowest BCUT2D eigenvalue weighted by Crippen LogP contribution is -2.35. The zero-order valence-electron chi connectivity index (χ0n) is 17.1. The van der Waals surface area contributed by atoms with Crippen LogP contribution in [0.2, 0.25) is 0 Å². The number of carbonyl (C=O) groups excluding carboxylic acids is 1. The van der Waals surface area contributed by atoms with Gasteiger partial charge < -0.3 is 4.90 Å². The van der Waals surface area contributed by atoms with Gasteiger partial charge in [0.15, 0.2) is 11.6 Å². The summed E-state index contributed by atoms with van der Waals surface area (Å²) in [6.45, 7) is 3.99. The fraction of sp³-hybridized carbons (Fsp3) is 0.273. The van der Waals surface area contributed by atoms with Crippen molar-refractivity contribution in [3.05, 3.63) is 86.2 Å². The monoisotopic (exact) mass is 426 g/mol. The van der Waals surface area contributed by atoms with E-state index in [0.717, 1.165) is 17.7 Å². The van der Waals surface area contributed by atoms with Gasteiger partial charge >= 0.3 is 5.69 Å². The minimum Gasteiger partial charge on any atom is -0.308 e. The molecule has 7 nitrogen and oxygen atoms in total. The number of aromatic nitrogens is 2. The number of hydrogen-bond donors (Lipinski definition) is 0. The van der Waals surface area contributed by atoms with Crippen LogP contribution in [-0.4, -0.2) is 27.2 Å². The summed E-state index contributed by atoms with van der Waals surface area (Å²) in [6, 6.07) is 9.06. The summed E-state index contributed by atoms with van der Waals surface area (Å²) >= 11 is 0. The number of halogens is 2. The van der Waals surface area contributed by atoms with Crippen LogP contribution in [0.15, 0.2) is 36.4 Å². The third-order valence-electron chi connectivity index (χ3n) is 5.54. The highest BCUT2D eigenvalue weighted by molar-refractivity contribution is 6.06. The molecule has 1 aliphatic rings.